The van der Waals surface area contributed by atoms with Crippen LogP contribution < -0.4 is 4.74 Å². The van der Waals surface area contributed by atoms with Crippen molar-refractivity contribution in [1.29, 1.82) is 0 Å². The zero-order valence-electron chi connectivity index (χ0n) is 14.3. The molecule has 0 heterocycles. The van der Waals surface area contributed by atoms with Crippen molar-refractivity contribution < 1.29 is 14.3 Å². The summed E-state index contributed by atoms with van der Waals surface area (Å²) in [5, 5.41) is 0. The Balaban J connectivity index is 2.42. The summed E-state index contributed by atoms with van der Waals surface area (Å²) in [4.78, 5) is 13.8. The van der Waals surface area contributed by atoms with Gasteiger partial charge in [0.05, 0.1) is 13.7 Å². The predicted molar refractivity (Wildman–Crippen MR) is 89.3 cm³/mol. The molecule has 0 aromatic heterocycles. The first kappa shape index (κ1) is 18.5. The first-order valence-corrected chi connectivity index (χ1v) is 8.13. The number of hydrogen-bond acceptors (Lipinski definition) is 4. The zero-order valence-corrected chi connectivity index (χ0v) is 14.3. The van der Waals surface area contributed by atoms with Crippen LogP contribution in [0.4, 0.5) is 0 Å². The summed E-state index contributed by atoms with van der Waals surface area (Å²) in [6.07, 6.45) is 2.34. The van der Waals surface area contributed by atoms with Gasteiger partial charge in [-0.3, -0.25) is 4.79 Å². The predicted octanol–water partition coefficient (Wildman–Crippen LogP) is 3.29. The van der Waals surface area contributed by atoms with Crippen LogP contribution in [-0.4, -0.2) is 43.7 Å². The van der Waals surface area contributed by atoms with Gasteiger partial charge in [0.1, 0.15) is 5.75 Å². The monoisotopic (exact) mass is 307 g/mol. The fourth-order valence-corrected chi connectivity index (χ4v) is 2.58. The summed E-state index contributed by atoms with van der Waals surface area (Å²) < 4.78 is 10.1. The van der Waals surface area contributed by atoms with E-state index in [1.54, 1.807) is 7.11 Å². The highest BCUT2D eigenvalue weighted by Gasteiger charge is 2.13. The second kappa shape index (κ2) is 10.2. The summed E-state index contributed by atoms with van der Waals surface area (Å²) in [7, 11) is 1.68. The van der Waals surface area contributed by atoms with Crippen molar-refractivity contribution in [2.75, 3.05) is 26.8 Å². The van der Waals surface area contributed by atoms with Gasteiger partial charge in [0.2, 0.25) is 0 Å². The molecule has 0 bridgehead atoms. The van der Waals surface area contributed by atoms with Crippen LogP contribution >= 0.6 is 0 Å². The molecule has 0 N–H and O–H groups in total. The second-order valence-corrected chi connectivity index (χ2v) is 5.44. The molecule has 1 rings (SSSR count). The molecule has 0 fully saturated rings. The van der Waals surface area contributed by atoms with Crippen LogP contribution in [-0.2, 0) is 16.0 Å². The van der Waals surface area contributed by atoms with Crippen molar-refractivity contribution in [1.82, 2.24) is 4.90 Å². The van der Waals surface area contributed by atoms with Gasteiger partial charge in [-0.2, -0.15) is 0 Å². The number of carbonyl (C=O) groups excluding carboxylic acids is 1. The Morgan fingerprint density at radius 3 is 2.45 bits per heavy atom. The molecular weight excluding hydrogens is 278 g/mol. The number of benzene rings is 1. The molecule has 0 aliphatic rings. The number of carbonyl (C=O) groups is 1. The van der Waals surface area contributed by atoms with E-state index in [4.69, 9.17) is 9.47 Å². The maximum Gasteiger partial charge on any atom is 0.305 e. The average Bonchev–Trinajstić information content (AvgIpc) is 2.52. The van der Waals surface area contributed by atoms with Gasteiger partial charge in [-0.25, -0.2) is 0 Å². The Hall–Kier alpha value is -1.55. The molecule has 0 radical (unpaired) electrons. The van der Waals surface area contributed by atoms with Crippen molar-refractivity contribution in [2.45, 2.75) is 46.1 Å². The minimum atomic E-state index is -0.0960. The minimum absolute atomic E-state index is 0.0960. The number of esters is 1. The Kier molecular flexibility index (Phi) is 8.60. The number of rotatable bonds is 10. The Bertz CT molecular complexity index is 430. The summed E-state index contributed by atoms with van der Waals surface area (Å²) in [5.41, 5.74) is 1.30. The number of likely N-dealkylation sites (N-methyl/N-ethyl adjacent to an activating group) is 1. The highest BCUT2D eigenvalue weighted by atomic mass is 16.5. The fraction of sp³-hybridized carbons (Fsp3) is 0.611. The second-order valence-electron chi connectivity index (χ2n) is 5.44. The molecule has 1 unspecified atom stereocenters. The lowest BCUT2D eigenvalue weighted by Gasteiger charge is -2.28. The quantitative estimate of drug-likeness (QED) is 0.622. The van der Waals surface area contributed by atoms with Crippen molar-refractivity contribution in [3.63, 3.8) is 0 Å². The van der Waals surface area contributed by atoms with Crippen LogP contribution in [0.25, 0.3) is 0 Å². The summed E-state index contributed by atoms with van der Waals surface area (Å²) >= 11 is 0. The lowest BCUT2D eigenvalue weighted by molar-refractivity contribution is -0.143. The molecule has 0 amide bonds. The standard InChI is InChI=1S/C18H29NO3/c1-5-19(13-7-8-18(20)22-6-2)15(3)14-16-9-11-17(21-4)12-10-16/h9-12,15H,5-8,13-14H2,1-4H3. The summed E-state index contributed by atoms with van der Waals surface area (Å²) in [6.45, 7) is 8.61. The lowest BCUT2D eigenvalue weighted by atomic mass is 10.1. The molecule has 0 spiro atoms. The molecule has 124 valence electrons. The molecular formula is C18H29NO3. The molecule has 4 nitrogen and oxygen atoms in total. The van der Waals surface area contributed by atoms with E-state index in [1.807, 2.05) is 19.1 Å². The van der Waals surface area contributed by atoms with Crippen molar-refractivity contribution in [2.24, 2.45) is 0 Å². The van der Waals surface area contributed by atoms with Gasteiger partial charge >= 0.3 is 5.97 Å². The summed E-state index contributed by atoms with van der Waals surface area (Å²) in [6, 6.07) is 8.67. The van der Waals surface area contributed by atoms with Crippen LogP contribution in [0.3, 0.4) is 0 Å². The maximum absolute atomic E-state index is 11.4. The van der Waals surface area contributed by atoms with Crippen LogP contribution in [0.5, 0.6) is 5.75 Å². The molecule has 0 saturated heterocycles. The van der Waals surface area contributed by atoms with E-state index in [1.165, 1.54) is 5.56 Å². The third-order valence-electron chi connectivity index (χ3n) is 3.85. The average molecular weight is 307 g/mol. The minimum Gasteiger partial charge on any atom is -0.497 e. The van der Waals surface area contributed by atoms with Crippen molar-refractivity contribution >= 4 is 5.97 Å². The van der Waals surface area contributed by atoms with Crippen LogP contribution in [0.1, 0.15) is 39.2 Å². The molecule has 0 aliphatic carbocycles. The molecule has 4 heteroatoms. The zero-order chi connectivity index (χ0) is 16.4. The van der Waals surface area contributed by atoms with Gasteiger partial charge in [0.15, 0.2) is 0 Å². The fourth-order valence-electron chi connectivity index (χ4n) is 2.58. The van der Waals surface area contributed by atoms with Crippen molar-refractivity contribution in [3.8, 4) is 5.75 Å². The SMILES string of the molecule is CCOC(=O)CCCN(CC)C(C)Cc1ccc(OC)cc1. The topological polar surface area (TPSA) is 38.8 Å². The van der Waals surface area contributed by atoms with Gasteiger partial charge in [0, 0.05) is 12.5 Å². The first-order chi connectivity index (χ1) is 10.6. The van der Waals surface area contributed by atoms with E-state index in [2.05, 4.69) is 30.9 Å². The Morgan fingerprint density at radius 1 is 1.23 bits per heavy atom. The highest BCUT2D eigenvalue weighted by Crippen LogP contribution is 2.15. The van der Waals surface area contributed by atoms with Gasteiger partial charge in [-0.05, 0) is 57.5 Å². The third-order valence-corrected chi connectivity index (χ3v) is 3.85. The van der Waals surface area contributed by atoms with Gasteiger partial charge in [-0.1, -0.05) is 19.1 Å². The van der Waals surface area contributed by atoms with E-state index in [0.717, 1.165) is 31.7 Å². The van der Waals surface area contributed by atoms with E-state index >= 15 is 0 Å². The van der Waals surface area contributed by atoms with Crippen molar-refractivity contribution in [3.05, 3.63) is 29.8 Å². The molecule has 0 aliphatic heterocycles. The molecule has 22 heavy (non-hydrogen) atoms. The first-order valence-electron chi connectivity index (χ1n) is 8.13. The lowest BCUT2D eigenvalue weighted by Crippen LogP contribution is -2.35. The van der Waals surface area contributed by atoms with E-state index in [0.29, 0.717) is 19.1 Å². The third kappa shape index (κ3) is 6.48. The summed E-state index contributed by atoms with van der Waals surface area (Å²) in [5.74, 6) is 0.791. The number of methoxy groups -OCH3 is 1. The normalized spacial score (nSPS) is 12.2. The number of ether oxygens (including phenoxy) is 2. The van der Waals surface area contributed by atoms with Crippen LogP contribution in [0.15, 0.2) is 24.3 Å². The Morgan fingerprint density at radius 2 is 1.91 bits per heavy atom. The highest BCUT2D eigenvalue weighted by molar-refractivity contribution is 5.69. The van der Waals surface area contributed by atoms with E-state index in [9.17, 15) is 4.79 Å². The smallest absolute Gasteiger partial charge is 0.305 e. The van der Waals surface area contributed by atoms with Gasteiger partial charge in [-0.15, -0.1) is 0 Å². The van der Waals surface area contributed by atoms with Gasteiger partial charge in [0.25, 0.3) is 0 Å². The maximum atomic E-state index is 11.4. The van der Waals surface area contributed by atoms with Crippen LogP contribution in [0, 0.1) is 0 Å². The Labute approximate surface area is 134 Å². The number of nitrogens with zero attached hydrogens (tertiary/aromatic N) is 1. The molecule has 1 aromatic rings. The van der Waals surface area contributed by atoms with E-state index in [-0.39, 0.29) is 5.97 Å². The number of hydrogen-bond donors (Lipinski definition) is 0. The molecule has 0 saturated carbocycles. The van der Waals surface area contributed by atoms with Gasteiger partial charge < -0.3 is 14.4 Å². The molecule has 1 aromatic carbocycles. The van der Waals surface area contributed by atoms with E-state index < -0.39 is 0 Å². The largest absolute Gasteiger partial charge is 0.497 e. The molecule has 1 atom stereocenters. The van der Waals surface area contributed by atoms with Crippen LogP contribution in [0.2, 0.25) is 0 Å².